The van der Waals surface area contributed by atoms with E-state index in [1.165, 1.54) is 20.1 Å². The van der Waals surface area contributed by atoms with Crippen molar-refractivity contribution >= 4 is 11.9 Å². The van der Waals surface area contributed by atoms with Gasteiger partial charge in [-0.05, 0) is 80.6 Å². The molecule has 0 radical (unpaired) electrons. The predicted octanol–water partition coefficient (Wildman–Crippen LogP) is 2.65. The van der Waals surface area contributed by atoms with Crippen LogP contribution in [-0.2, 0) is 33.3 Å². The van der Waals surface area contributed by atoms with E-state index in [0.717, 1.165) is 50.5 Å². The van der Waals surface area contributed by atoms with Crippen molar-refractivity contribution in [2.75, 3.05) is 13.7 Å². The molecule has 236 valence electrons. The second kappa shape index (κ2) is 10.8. The van der Waals surface area contributed by atoms with Gasteiger partial charge in [0.1, 0.15) is 31.0 Å². The average Bonchev–Trinajstić information content (AvgIpc) is 3.44. The Morgan fingerprint density at radius 1 is 1.07 bits per heavy atom. The van der Waals surface area contributed by atoms with Crippen molar-refractivity contribution in [3.8, 4) is 0 Å². The SMILES string of the molecule is CO[C@H]1[C@@H](O)[C@@H](C)O[C@@H](O[C@H]2CC[C@@]3(C)[C@H](CC[C@@H]4[C@@H]3CC[C@]3(C)[C@@H](C5=CC(=O)OC5)[C@@H](OC(C)=O)C[C@]43O)C2)[C@@H]1O. The van der Waals surface area contributed by atoms with Gasteiger partial charge in [-0.2, -0.15) is 0 Å². The van der Waals surface area contributed by atoms with Gasteiger partial charge in [0, 0.05) is 37.9 Å². The fourth-order valence-electron chi connectivity index (χ4n) is 10.4. The van der Waals surface area contributed by atoms with Crippen molar-refractivity contribution in [3.63, 3.8) is 0 Å². The third-order valence-corrected chi connectivity index (χ3v) is 12.6. The minimum atomic E-state index is -1.08. The molecule has 0 bridgehead atoms. The lowest BCUT2D eigenvalue weighted by Gasteiger charge is -2.63. The zero-order valence-electron chi connectivity index (χ0n) is 25.5. The number of fused-ring (bicyclic) bond motifs is 5. The quantitative estimate of drug-likeness (QED) is 0.322. The first-order valence-corrected chi connectivity index (χ1v) is 15.8. The number of aliphatic hydroxyl groups excluding tert-OH is 2. The zero-order valence-corrected chi connectivity index (χ0v) is 25.5. The van der Waals surface area contributed by atoms with Gasteiger partial charge < -0.3 is 39.0 Å². The molecule has 6 rings (SSSR count). The van der Waals surface area contributed by atoms with Crippen LogP contribution in [0.5, 0.6) is 0 Å². The Hall–Kier alpha value is -1.56. The Morgan fingerprint density at radius 2 is 1.83 bits per heavy atom. The fraction of sp³-hybridized carbons (Fsp3) is 0.875. The highest BCUT2D eigenvalue weighted by atomic mass is 16.7. The predicted molar refractivity (Wildman–Crippen MR) is 149 cm³/mol. The summed E-state index contributed by atoms with van der Waals surface area (Å²) in [4.78, 5) is 24.2. The largest absolute Gasteiger partial charge is 0.462 e. The molecule has 5 fully saturated rings. The van der Waals surface area contributed by atoms with Gasteiger partial charge in [0.2, 0.25) is 0 Å². The highest BCUT2D eigenvalue weighted by molar-refractivity contribution is 5.85. The minimum Gasteiger partial charge on any atom is -0.462 e. The van der Waals surface area contributed by atoms with E-state index in [0.29, 0.717) is 18.3 Å². The second-order valence-electron chi connectivity index (χ2n) is 14.5. The van der Waals surface area contributed by atoms with Crippen LogP contribution in [0.1, 0.15) is 79.1 Å². The van der Waals surface area contributed by atoms with Crippen LogP contribution in [0.15, 0.2) is 11.6 Å². The maximum absolute atomic E-state index is 12.7. The third-order valence-electron chi connectivity index (χ3n) is 12.6. The van der Waals surface area contributed by atoms with Crippen LogP contribution in [0.4, 0.5) is 0 Å². The average molecular weight is 593 g/mol. The summed E-state index contributed by atoms with van der Waals surface area (Å²) >= 11 is 0. The molecular formula is C32H48O10. The molecule has 4 saturated carbocycles. The molecule has 0 unspecified atom stereocenters. The van der Waals surface area contributed by atoms with Crippen molar-refractivity contribution in [1.82, 2.24) is 0 Å². The first kappa shape index (κ1) is 30.5. The molecule has 1 saturated heterocycles. The van der Waals surface area contributed by atoms with Gasteiger partial charge in [0.25, 0.3) is 0 Å². The number of hydrogen-bond acceptors (Lipinski definition) is 10. The Balaban J connectivity index is 1.20. The topological polar surface area (TPSA) is 141 Å². The van der Waals surface area contributed by atoms with Crippen LogP contribution in [0, 0.1) is 34.5 Å². The van der Waals surface area contributed by atoms with E-state index in [4.69, 9.17) is 23.7 Å². The molecule has 42 heavy (non-hydrogen) atoms. The Bertz CT molecular complexity index is 1110. The van der Waals surface area contributed by atoms with Crippen molar-refractivity contribution in [2.45, 2.75) is 128 Å². The summed E-state index contributed by atoms with van der Waals surface area (Å²) in [6.07, 6.45) is 3.36. The van der Waals surface area contributed by atoms with Crippen LogP contribution < -0.4 is 0 Å². The lowest BCUT2D eigenvalue weighted by molar-refractivity contribution is -0.313. The van der Waals surface area contributed by atoms with Gasteiger partial charge in [-0.1, -0.05) is 13.8 Å². The molecular weight excluding hydrogens is 544 g/mol. The van der Waals surface area contributed by atoms with Gasteiger partial charge in [-0.15, -0.1) is 0 Å². The number of carbonyl (C=O) groups is 2. The minimum absolute atomic E-state index is 0.0190. The number of rotatable bonds is 5. The fourth-order valence-corrected chi connectivity index (χ4v) is 10.4. The maximum Gasteiger partial charge on any atom is 0.331 e. The molecule has 0 aromatic heterocycles. The van der Waals surface area contributed by atoms with Gasteiger partial charge in [0.15, 0.2) is 6.29 Å². The zero-order chi connectivity index (χ0) is 30.2. The summed E-state index contributed by atoms with van der Waals surface area (Å²) in [5.74, 6) is -0.234. The highest BCUT2D eigenvalue weighted by Crippen LogP contribution is 2.70. The van der Waals surface area contributed by atoms with Crippen molar-refractivity contribution in [1.29, 1.82) is 0 Å². The summed E-state index contributed by atoms with van der Waals surface area (Å²) in [5.41, 5.74) is -0.720. The molecule has 0 aromatic carbocycles. The van der Waals surface area contributed by atoms with E-state index >= 15 is 0 Å². The van der Waals surface area contributed by atoms with Crippen LogP contribution in [0.3, 0.4) is 0 Å². The monoisotopic (exact) mass is 592 g/mol. The molecule has 0 spiro atoms. The molecule has 10 heteroatoms. The molecule has 0 aromatic rings. The molecule has 6 aliphatic rings. The van der Waals surface area contributed by atoms with Crippen LogP contribution in [0.25, 0.3) is 0 Å². The number of cyclic esters (lactones) is 1. The number of hydrogen-bond donors (Lipinski definition) is 3. The van der Waals surface area contributed by atoms with Gasteiger partial charge in [-0.3, -0.25) is 4.79 Å². The Morgan fingerprint density at radius 3 is 2.50 bits per heavy atom. The molecule has 10 nitrogen and oxygen atoms in total. The summed E-state index contributed by atoms with van der Waals surface area (Å²) in [6.45, 7) is 7.85. The first-order chi connectivity index (χ1) is 19.8. The number of ether oxygens (including phenoxy) is 5. The maximum atomic E-state index is 12.7. The van der Waals surface area contributed by atoms with Crippen LogP contribution in [0.2, 0.25) is 0 Å². The highest BCUT2D eigenvalue weighted by Gasteiger charge is 2.71. The van der Waals surface area contributed by atoms with E-state index in [1.54, 1.807) is 6.92 Å². The molecule has 0 amide bonds. The Labute approximate surface area is 248 Å². The summed E-state index contributed by atoms with van der Waals surface area (Å²) < 4.78 is 28.7. The number of aliphatic hydroxyl groups is 3. The smallest absolute Gasteiger partial charge is 0.331 e. The summed E-state index contributed by atoms with van der Waals surface area (Å²) in [7, 11) is 1.47. The lowest BCUT2D eigenvalue weighted by atomic mass is 9.43. The molecule has 2 aliphatic heterocycles. The molecule has 3 N–H and O–H groups in total. The van der Waals surface area contributed by atoms with Gasteiger partial charge >= 0.3 is 11.9 Å². The lowest BCUT2D eigenvalue weighted by Crippen LogP contribution is -2.62. The molecule has 2 heterocycles. The Kier molecular flexibility index (Phi) is 7.84. The van der Waals surface area contributed by atoms with Gasteiger partial charge in [-0.25, -0.2) is 4.79 Å². The van der Waals surface area contributed by atoms with E-state index in [1.807, 2.05) is 0 Å². The number of esters is 2. The van der Waals surface area contributed by atoms with Crippen LogP contribution in [-0.4, -0.2) is 89.5 Å². The molecule has 14 atom stereocenters. The second-order valence-corrected chi connectivity index (χ2v) is 14.5. The van der Waals surface area contributed by atoms with Crippen LogP contribution >= 0.6 is 0 Å². The first-order valence-electron chi connectivity index (χ1n) is 15.8. The van der Waals surface area contributed by atoms with E-state index in [-0.39, 0.29) is 41.9 Å². The summed E-state index contributed by atoms with van der Waals surface area (Å²) in [5, 5.41) is 33.8. The van der Waals surface area contributed by atoms with E-state index in [9.17, 15) is 24.9 Å². The van der Waals surface area contributed by atoms with Crippen molar-refractivity contribution in [2.24, 2.45) is 34.5 Å². The molecule has 4 aliphatic carbocycles. The summed E-state index contributed by atoms with van der Waals surface area (Å²) in [6, 6.07) is 0. The van der Waals surface area contributed by atoms with E-state index < -0.39 is 47.8 Å². The van der Waals surface area contributed by atoms with E-state index in [2.05, 4.69) is 13.8 Å². The van der Waals surface area contributed by atoms with Crippen molar-refractivity contribution in [3.05, 3.63) is 11.6 Å². The standard InChI is InChI=1S/C32H48O10/c1-16-26(35)28(38-5)27(36)29(40-16)42-20-8-10-30(3)19(13-20)6-7-22-21(30)9-11-31(4)25(18-12-24(34)39-15-18)23(41-17(2)33)14-32(22,31)37/h12,16,19-23,25-29,35-37H,6-11,13-15H2,1-5H3/t16-,19-,20+,21+,22-,23+,25+,26+,27-,28+,29+,30+,31-,32+/m1/s1. The van der Waals surface area contributed by atoms with Gasteiger partial charge in [0.05, 0.1) is 17.8 Å². The third kappa shape index (κ3) is 4.58. The normalized spacial score (nSPS) is 52.0. The number of methoxy groups -OCH3 is 1. The van der Waals surface area contributed by atoms with Crippen molar-refractivity contribution < 1.29 is 48.6 Å². The number of carbonyl (C=O) groups excluding carboxylic acids is 2.